The normalized spacial score (nSPS) is 14.2. The lowest BCUT2D eigenvalue weighted by Gasteiger charge is -2.23. The molecule has 0 aliphatic rings. The lowest BCUT2D eigenvalue weighted by Crippen LogP contribution is -2.12. The molecule has 0 saturated heterocycles. The molecule has 2 heterocycles. The maximum Gasteiger partial charge on any atom is 0.149 e. The molecule has 0 unspecified atom stereocenters. The Morgan fingerprint density at radius 2 is 1.15 bits per heavy atom. The van der Waals surface area contributed by atoms with Crippen LogP contribution in [0.25, 0.3) is 72.7 Å². The van der Waals surface area contributed by atoms with Crippen molar-refractivity contribution >= 4 is 11.0 Å². The van der Waals surface area contributed by atoms with E-state index in [9.17, 15) is 5.11 Å². The number of hydrogen-bond donors (Lipinski definition) is 1. The number of benzene rings is 6. The number of aromatic hydroxyl groups is 1. The van der Waals surface area contributed by atoms with Crippen LogP contribution in [0.4, 0.5) is 0 Å². The molecule has 0 spiro atoms. The number of phenolic OH excluding ortho intramolecular Hbond substituents is 1. The molecule has 0 atom stereocenters. The number of phenols is 1. The summed E-state index contributed by atoms with van der Waals surface area (Å²) >= 11 is 0. The summed E-state index contributed by atoms with van der Waals surface area (Å²) in [5.41, 5.74) is 12.4. The van der Waals surface area contributed by atoms with E-state index < -0.39 is 13.7 Å². The van der Waals surface area contributed by atoms with Crippen LogP contribution in [-0.4, -0.2) is 19.6 Å². The molecule has 4 nitrogen and oxygen atoms in total. The molecule has 4 heteroatoms. The summed E-state index contributed by atoms with van der Waals surface area (Å²) in [5.74, 6) is 0.742. The molecule has 0 saturated carbocycles. The van der Waals surface area contributed by atoms with Crippen LogP contribution in [0.3, 0.4) is 0 Å². The van der Waals surface area contributed by atoms with Gasteiger partial charge >= 0.3 is 0 Å². The van der Waals surface area contributed by atoms with Gasteiger partial charge < -0.3 is 5.11 Å². The van der Waals surface area contributed by atoms with Crippen LogP contribution in [0.15, 0.2) is 140 Å². The van der Waals surface area contributed by atoms with E-state index in [1.807, 2.05) is 18.2 Å². The van der Waals surface area contributed by atoms with Crippen LogP contribution in [0.2, 0.25) is 0 Å². The van der Waals surface area contributed by atoms with Gasteiger partial charge in [0.1, 0.15) is 11.6 Å². The molecule has 8 aromatic rings. The molecule has 1 N–H and O–H groups in total. The summed E-state index contributed by atoms with van der Waals surface area (Å²) in [6, 6.07) is 43.5. The molecule has 0 radical (unpaired) electrons. The molecule has 2 aromatic heterocycles. The van der Waals surface area contributed by atoms with Gasteiger partial charge in [-0.3, -0.25) is 9.55 Å². The van der Waals surface area contributed by atoms with Crippen molar-refractivity contribution in [1.82, 2.24) is 14.5 Å². The smallest absolute Gasteiger partial charge is 0.149 e. The molecule has 60 heavy (non-hydrogen) atoms. The quantitative estimate of drug-likeness (QED) is 0.182. The number of imidazole rings is 1. The fourth-order valence-electron chi connectivity index (χ4n) is 7.91. The third kappa shape index (κ3) is 7.91. The molecule has 0 aliphatic carbocycles. The van der Waals surface area contributed by atoms with Gasteiger partial charge in [-0.15, -0.1) is 0 Å². The number of hydrogen-bond acceptors (Lipinski definition) is 3. The molecule has 0 aliphatic heterocycles. The van der Waals surface area contributed by atoms with E-state index in [0.29, 0.717) is 28.2 Å². The van der Waals surface area contributed by atoms with Crippen LogP contribution in [0.1, 0.15) is 98.4 Å². The minimum absolute atomic E-state index is 0.0344. The molecule has 302 valence electrons. The zero-order chi connectivity index (χ0) is 47.7. The Bertz CT molecular complexity index is 3090. The van der Waals surface area contributed by atoms with E-state index in [1.54, 1.807) is 30.5 Å². The number of fused-ring (bicyclic) bond motifs is 1. The maximum absolute atomic E-state index is 11.8. The van der Waals surface area contributed by atoms with Crippen molar-refractivity contribution in [2.45, 2.75) is 92.3 Å². The van der Waals surface area contributed by atoms with Gasteiger partial charge in [0.2, 0.25) is 0 Å². The van der Waals surface area contributed by atoms with Crippen molar-refractivity contribution in [2.75, 3.05) is 0 Å². The number of pyridine rings is 1. The SMILES string of the molecule is [2H]C([2H])([2H])c1cc(-c2ccnc(-c3cc(-c4cccc5c4nc(-c4cc(C(C)(C)C)ccc4O)n5-c4ccc(C(C)(C)C)cc4-c4ccccc4)cc(C(C)(C)C)c3)c2)cc(C([2H])([2H])[2H])c1. The summed E-state index contributed by atoms with van der Waals surface area (Å²) in [7, 11) is 0. The molecule has 0 fully saturated rings. The molecular weight excluding hydrogens is 731 g/mol. The summed E-state index contributed by atoms with van der Waals surface area (Å²) in [6.45, 7) is 14.7. The highest BCUT2D eigenvalue weighted by Gasteiger charge is 2.26. The Balaban J connectivity index is 1.39. The Labute approximate surface area is 365 Å². The lowest BCUT2D eigenvalue weighted by atomic mass is 9.83. The predicted octanol–water partition coefficient (Wildman–Crippen LogP) is 15.0. The topological polar surface area (TPSA) is 50.9 Å². The zero-order valence-corrected chi connectivity index (χ0v) is 36.1. The van der Waals surface area contributed by atoms with E-state index in [-0.39, 0.29) is 33.1 Å². The standard InChI is InChI=1S/C56H57N3O/c1-35-26-36(2)28-39(27-35)38-24-25-57-48(32-38)41-29-40(30-44(31-41)56(9,10)11)45-18-15-19-50-52(45)58-53(47-34-43(55(6,7)8)21-23-51(47)60)59(50)49-22-20-42(54(3,4)5)33-46(49)37-16-13-12-14-17-37/h12-34,60H,1-11H3/i1D3,2D3. The first-order valence-corrected chi connectivity index (χ1v) is 20.6. The minimum atomic E-state index is -2.50. The summed E-state index contributed by atoms with van der Waals surface area (Å²) in [4.78, 5) is 10.4. The van der Waals surface area contributed by atoms with Gasteiger partial charge in [0.05, 0.1) is 28.0 Å². The van der Waals surface area contributed by atoms with Crippen LogP contribution in [0, 0.1) is 13.7 Å². The molecule has 0 bridgehead atoms. The fourth-order valence-corrected chi connectivity index (χ4v) is 7.91. The summed E-state index contributed by atoms with van der Waals surface area (Å²) < 4.78 is 50.9. The van der Waals surface area contributed by atoms with Crippen molar-refractivity contribution in [3.8, 4) is 67.5 Å². The van der Waals surface area contributed by atoms with Crippen molar-refractivity contribution in [3.63, 3.8) is 0 Å². The summed E-state index contributed by atoms with van der Waals surface area (Å²) in [6.07, 6.45) is 1.67. The lowest BCUT2D eigenvalue weighted by molar-refractivity contribution is 0.475. The molecular formula is C56H57N3O. The van der Waals surface area contributed by atoms with Gasteiger partial charge in [-0.1, -0.05) is 152 Å². The second-order valence-electron chi connectivity index (χ2n) is 19.1. The second kappa shape index (κ2) is 15.1. The first kappa shape index (κ1) is 33.6. The minimum Gasteiger partial charge on any atom is -0.507 e. The van der Waals surface area contributed by atoms with Crippen molar-refractivity contribution in [1.29, 1.82) is 0 Å². The van der Waals surface area contributed by atoms with Gasteiger partial charge in [-0.2, -0.15) is 0 Å². The zero-order valence-electron chi connectivity index (χ0n) is 42.1. The van der Waals surface area contributed by atoms with Crippen LogP contribution in [0.5, 0.6) is 5.75 Å². The number of aromatic nitrogens is 3. The van der Waals surface area contributed by atoms with E-state index in [4.69, 9.17) is 18.2 Å². The van der Waals surface area contributed by atoms with Crippen molar-refractivity contribution in [3.05, 3.63) is 167 Å². The van der Waals surface area contributed by atoms with Crippen molar-refractivity contribution < 1.29 is 13.3 Å². The van der Waals surface area contributed by atoms with Crippen LogP contribution in [-0.2, 0) is 16.2 Å². The van der Waals surface area contributed by atoms with Gasteiger partial charge in [0.25, 0.3) is 0 Å². The van der Waals surface area contributed by atoms with Crippen molar-refractivity contribution in [2.24, 2.45) is 0 Å². The highest BCUT2D eigenvalue weighted by molar-refractivity contribution is 5.98. The Hall–Kier alpha value is -6.26. The van der Waals surface area contributed by atoms with Gasteiger partial charge in [-0.05, 0) is 123 Å². The average Bonchev–Trinajstić information content (AvgIpc) is 3.64. The Morgan fingerprint density at radius 1 is 0.500 bits per heavy atom. The van der Waals surface area contributed by atoms with E-state index in [2.05, 4.69) is 152 Å². The van der Waals surface area contributed by atoms with Gasteiger partial charge in [0.15, 0.2) is 0 Å². The highest BCUT2D eigenvalue weighted by atomic mass is 16.3. The number of rotatable bonds is 6. The average molecular weight is 794 g/mol. The van der Waals surface area contributed by atoms with Gasteiger partial charge in [-0.25, -0.2) is 4.98 Å². The molecule has 0 amide bonds. The first-order chi connectivity index (χ1) is 30.8. The molecule has 8 rings (SSSR count). The third-order valence-corrected chi connectivity index (χ3v) is 11.4. The van der Waals surface area contributed by atoms with Crippen LogP contribution >= 0.6 is 0 Å². The predicted molar refractivity (Wildman–Crippen MR) is 253 cm³/mol. The largest absolute Gasteiger partial charge is 0.507 e. The third-order valence-electron chi connectivity index (χ3n) is 11.4. The molecule has 6 aromatic carbocycles. The van der Waals surface area contributed by atoms with E-state index in [1.165, 1.54) is 11.6 Å². The Morgan fingerprint density at radius 3 is 1.82 bits per heavy atom. The Kier molecular flexibility index (Phi) is 8.44. The second-order valence-corrected chi connectivity index (χ2v) is 19.1. The van der Waals surface area contributed by atoms with E-state index in [0.717, 1.165) is 55.7 Å². The fraction of sp³-hybridized carbons (Fsp3) is 0.250. The summed E-state index contributed by atoms with van der Waals surface area (Å²) in [5, 5.41) is 11.8. The number of aryl methyl sites for hydroxylation is 2. The number of para-hydroxylation sites is 1. The van der Waals surface area contributed by atoms with Crippen LogP contribution < -0.4 is 0 Å². The first-order valence-electron chi connectivity index (χ1n) is 23.6. The highest BCUT2D eigenvalue weighted by Crippen LogP contribution is 2.43. The number of nitrogens with zero attached hydrogens (tertiary/aromatic N) is 3. The van der Waals surface area contributed by atoms with E-state index >= 15 is 0 Å². The van der Waals surface area contributed by atoms with Gasteiger partial charge in [0, 0.05) is 31.1 Å². The monoisotopic (exact) mass is 793 g/mol. The maximum atomic E-state index is 11.8.